The first-order valence-corrected chi connectivity index (χ1v) is 9.07. The van der Waals surface area contributed by atoms with Crippen LogP contribution in [0.15, 0.2) is 0 Å². The highest BCUT2D eigenvalue weighted by Gasteiger charge is 2.24. The average Bonchev–Trinajstić information content (AvgIpc) is 2.60. The highest BCUT2D eigenvalue weighted by Crippen LogP contribution is 2.09. The lowest BCUT2D eigenvalue weighted by atomic mass is 10.0. The van der Waals surface area contributed by atoms with Gasteiger partial charge in [-0.05, 0) is 32.1 Å². The molecule has 2 atom stereocenters. The topological polar surface area (TPSA) is 123 Å². The molecule has 0 aromatic rings. The van der Waals surface area contributed by atoms with Gasteiger partial charge in [0.15, 0.2) is 0 Å². The zero-order chi connectivity index (χ0) is 18.7. The molecule has 0 radical (unpaired) electrons. The average molecular weight is 353 g/mol. The third kappa shape index (κ3) is 8.51. The molecule has 8 nitrogen and oxygen atoms in total. The summed E-state index contributed by atoms with van der Waals surface area (Å²) in [5.41, 5.74) is 0. The number of hydrogen-bond acceptors (Lipinski definition) is 4. The molecular formula is C17H31N5O3. The lowest BCUT2D eigenvalue weighted by Crippen LogP contribution is -2.48. The highest BCUT2D eigenvalue weighted by atomic mass is 16.2. The number of carbonyl (C=O) groups excluding carboxylic acids is 3. The van der Waals surface area contributed by atoms with E-state index in [0.29, 0.717) is 38.2 Å². The monoisotopic (exact) mass is 353 g/mol. The maximum absolute atomic E-state index is 12.3. The molecule has 0 aliphatic carbocycles. The number of hydrogen-bond donors (Lipinski definition) is 5. The van der Waals surface area contributed by atoms with Crippen LogP contribution in [0, 0.1) is 11.3 Å². The van der Waals surface area contributed by atoms with Crippen molar-refractivity contribution in [3.05, 3.63) is 0 Å². The summed E-state index contributed by atoms with van der Waals surface area (Å²) in [6.45, 7) is 4.78. The normalized spacial score (nSPS) is 22.2. The number of amidine groups is 1. The number of amides is 3. The van der Waals surface area contributed by atoms with Gasteiger partial charge in [-0.15, -0.1) is 0 Å². The van der Waals surface area contributed by atoms with E-state index in [2.05, 4.69) is 21.3 Å². The summed E-state index contributed by atoms with van der Waals surface area (Å²) in [5, 5.41) is 19.0. The molecule has 0 aromatic carbocycles. The summed E-state index contributed by atoms with van der Waals surface area (Å²) in [7, 11) is 0. The first-order chi connectivity index (χ1) is 11.9. The second-order valence-corrected chi connectivity index (χ2v) is 6.38. The molecule has 1 unspecified atom stereocenters. The summed E-state index contributed by atoms with van der Waals surface area (Å²) < 4.78 is 0. The molecule has 1 aliphatic heterocycles. The Morgan fingerprint density at radius 1 is 1.24 bits per heavy atom. The van der Waals surface area contributed by atoms with Crippen LogP contribution in [0.4, 0.5) is 0 Å². The second kappa shape index (κ2) is 11.4. The van der Waals surface area contributed by atoms with Crippen LogP contribution in [-0.2, 0) is 14.4 Å². The van der Waals surface area contributed by atoms with Crippen molar-refractivity contribution < 1.29 is 14.4 Å². The molecule has 142 valence electrons. The number of nitrogens with one attached hydrogen (secondary N) is 5. The Balaban J connectivity index is 2.58. The zero-order valence-electron chi connectivity index (χ0n) is 15.2. The van der Waals surface area contributed by atoms with E-state index in [1.807, 2.05) is 6.92 Å². The van der Waals surface area contributed by atoms with Crippen molar-refractivity contribution >= 4 is 23.6 Å². The van der Waals surface area contributed by atoms with Gasteiger partial charge >= 0.3 is 0 Å². The lowest BCUT2D eigenvalue weighted by Gasteiger charge is -2.20. The van der Waals surface area contributed by atoms with E-state index < -0.39 is 6.04 Å². The molecular weight excluding hydrogens is 322 g/mol. The summed E-state index contributed by atoms with van der Waals surface area (Å²) in [4.78, 5) is 35.9. The van der Waals surface area contributed by atoms with E-state index in [-0.39, 0.29) is 30.2 Å². The molecule has 0 spiro atoms. The third-order valence-corrected chi connectivity index (χ3v) is 4.23. The van der Waals surface area contributed by atoms with Gasteiger partial charge in [0.1, 0.15) is 6.04 Å². The molecule has 0 saturated carbocycles. The van der Waals surface area contributed by atoms with Crippen LogP contribution in [0.3, 0.4) is 0 Å². The molecule has 0 bridgehead atoms. The Hall–Kier alpha value is -2.12. The summed E-state index contributed by atoms with van der Waals surface area (Å²) in [6, 6.07) is -0.543. The summed E-state index contributed by atoms with van der Waals surface area (Å²) in [5.74, 6) is -0.342. The minimum absolute atomic E-state index is 0.0520. The first-order valence-electron chi connectivity index (χ1n) is 9.07. The zero-order valence-corrected chi connectivity index (χ0v) is 15.2. The summed E-state index contributed by atoms with van der Waals surface area (Å²) >= 11 is 0. The standard InChI is InChI=1S/C17H31N5O3/c1-3-15(18)19-10-6-7-13-11-21-17(25)14(22-12(2)23)8-4-5-9-20-16(13)24/h13-14H,3-11H2,1-2H3,(H2,18,19)(H,20,24)(H,21,25)(H,22,23)/t13-,14?/m1/s1. The van der Waals surface area contributed by atoms with Gasteiger partial charge in [0, 0.05) is 33.0 Å². The van der Waals surface area contributed by atoms with Gasteiger partial charge in [-0.1, -0.05) is 6.92 Å². The fourth-order valence-electron chi connectivity index (χ4n) is 2.73. The van der Waals surface area contributed by atoms with Crippen molar-refractivity contribution in [2.45, 2.75) is 58.4 Å². The fraction of sp³-hybridized carbons (Fsp3) is 0.765. The van der Waals surface area contributed by atoms with Gasteiger partial charge in [-0.2, -0.15) is 0 Å². The van der Waals surface area contributed by atoms with Crippen LogP contribution in [0.2, 0.25) is 0 Å². The summed E-state index contributed by atoms with van der Waals surface area (Å²) in [6.07, 6.45) is 4.12. The smallest absolute Gasteiger partial charge is 0.242 e. The van der Waals surface area contributed by atoms with Gasteiger partial charge in [0.05, 0.1) is 11.8 Å². The van der Waals surface area contributed by atoms with E-state index >= 15 is 0 Å². The van der Waals surface area contributed by atoms with E-state index in [1.54, 1.807) is 0 Å². The minimum atomic E-state index is -0.543. The van der Waals surface area contributed by atoms with E-state index in [4.69, 9.17) is 5.41 Å². The molecule has 1 rings (SSSR count). The maximum Gasteiger partial charge on any atom is 0.242 e. The Morgan fingerprint density at radius 3 is 2.68 bits per heavy atom. The van der Waals surface area contributed by atoms with Crippen molar-refractivity contribution in [3.8, 4) is 0 Å². The van der Waals surface area contributed by atoms with Crippen molar-refractivity contribution in [3.63, 3.8) is 0 Å². The van der Waals surface area contributed by atoms with Crippen molar-refractivity contribution in [2.75, 3.05) is 19.6 Å². The van der Waals surface area contributed by atoms with E-state index in [1.165, 1.54) is 6.92 Å². The molecule has 3 amide bonds. The van der Waals surface area contributed by atoms with Gasteiger partial charge in [-0.3, -0.25) is 19.8 Å². The predicted octanol–water partition coefficient (Wildman–Crippen LogP) is 0.281. The lowest BCUT2D eigenvalue weighted by molar-refractivity contribution is -0.129. The van der Waals surface area contributed by atoms with Gasteiger partial charge < -0.3 is 21.3 Å². The molecule has 1 saturated heterocycles. The molecule has 1 aliphatic rings. The Bertz CT molecular complexity index is 481. The Labute approximate surface area is 149 Å². The van der Waals surface area contributed by atoms with Gasteiger partial charge in [0.25, 0.3) is 0 Å². The predicted molar refractivity (Wildman–Crippen MR) is 96.2 cm³/mol. The van der Waals surface area contributed by atoms with Gasteiger partial charge in [0.2, 0.25) is 17.7 Å². The van der Waals surface area contributed by atoms with E-state index in [0.717, 1.165) is 19.3 Å². The van der Waals surface area contributed by atoms with Crippen molar-refractivity contribution in [2.24, 2.45) is 5.92 Å². The van der Waals surface area contributed by atoms with Gasteiger partial charge in [-0.25, -0.2) is 0 Å². The molecule has 1 heterocycles. The Morgan fingerprint density at radius 2 is 2.00 bits per heavy atom. The molecule has 25 heavy (non-hydrogen) atoms. The molecule has 5 N–H and O–H groups in total. The number of rotatable bonds is 6. The second-order valence-electron chi connectivity index (χ2n) is 6.38. The molecule has 0 aromatic heterocycles. The fourth-order valence-corrected chi connectivity index (χ4v) is 2.73. The SMILES string of the molecule is CCC(=N)NCCC[C@@H]1CNC(=O)C(NC(C)=O)CCCCNC1=O. The Kier molecular flexibility index (Phi) is 9.57. The first kappa shape index (κ1) is 20.9. The van der Waals surface area contributed by atoms with Crippen molar-refractivity contribution in [1.29, 1.82) is 5.41 Å². The van der Waals surface area contributed by atoms with Crippen LogP contribution in [0.1, 0.15) is 52.4 Å². The molecule has 1 fully saturated rings. The minimum Gasteiger partial charge on any atom is -0.374 e. The quantitative estimate of drug-likeness (QED) is 0.267. The van der Waals surface area contributed by atoms with E-state index in [9.17, 15) is 14.4 Å². The molecule has 8 heteroatoms. The van der Waals surface area contributed by atoms with Crippen LogP contribution >= 0.6 is 0 Å². The van der Waals surface area contributed by atoms with Crippen LogP contribution < -0.4 is 21.3 Å². The van der Waals surface area contributed by atoms with Crippen molar-refractivity contribution in [1.82, 2.24) is 21.3 Å². The van der Waals surface area contributed by atoms with Crippen LogP contribution in [0.5, 0.6) is 0 Å². The van der Waals surface area contributed by atoms with Crippen LogP contribution in [0.25, 0.3) is 0 Å². The highest BCUT2D eigenvalue weighted by molar-refractivity contribution is 5.87. The van der Waals surface area contributed by atoms with Crippen LogP contribution in [-0.4, -0.2) is 49.2 Å². The third-order valence-electron chi connectivity index (χ3n) is 4.23. The maximum atomic E-state index is 12.3. The number of carbonyl (C=O) groups is 3. The largest absolute Gasteiger partial charge is 0.374 e.